The van der Waals surface area contributed by atoms with E-state index in [1.165, 1.54) is 11.3 Å². The van der Waals surface area contributed by atoms with Crippen LogP contribution in [0.3, 0.4) is 0 Å². The minimum Gasteiger partial charge on any atom is -0.315 e. The van der Waals surface area contributed by atoms with Gasteiger partial charge in [0.05, 0.1) is 16.4 Å². The number of sulfone groups is 1. The van der Waals surface area contributed by atoms with E-state index in [-0.39, 0.29) is 16.4 Å². The zero-order chi connectivity index (χ0) is 15.9. The summed E-state index contributed by atoms with van der Waals surface area (Å²) in [7, 11) is -5.07. The fourth-order valence-electron chi connectivity index (χ4n) is 2.52. The first-order valence-corrected chi connectivity index (χ1v) is 10.7. The van der Waals surface area contributed by atoms with Gasteiger partial charge in [-0.05, 0) is 33.4 Å². The third-order valence-electron chi connectivity index (χ3n) is 3.45. The van der Waals surface area contributed by atoms with Crippen LogP contribution in [0.5, 0.6) is 0 Å². The molecular formula is C12H20N2O4S3. The van der Waals surface area contributed by atoms with Gasteiger partial charge in [-0.25, -0.2) is 21.6 Å². The molecule has 0 radical (unpaired) electrons. The molecule has 0 saturated carbocycles. The summed E-state index contributed by atoms with van der Waals surface area (Å²) in [6.45, 7) is 4.00. The number of nitrogens with one attached hydrogen (secondary N) is 2. The molecule has 0 amide bonds. The molecule has 9 heteroatoms. The van der Waals surface area contributed by atoms with Crippen molar-refractivity contribution in [1.82, 2.24) is 10.0 Å². The van der Waals surface area contributed by atoms with Crippen molar-refractivity contribution in [3.8, 4) is 0 Å². The lowest BCUT2D eigenvalue weighted by Crippen LogP contribution is -2.46. The topological polar surface area (TPSA) is 92.3 Å². The van der Waals surface area contributed by atoms with Gasteiger partial charge in [0.25, 0.3) is 0 Å². The van der Waals surface area contributed by atoms with Crippen LogP contribution in [0.2, 0.25) is 0 Å². The molecule has 1 aromatic rings. The van der Waals surface area contributed by atoms with Crippen LogP contribution in [-0.4, -0.2) is 40.9 Å². The minimum atomic E-state index is -3.71. The Morgan fingerprint density at radius 3 is 2.62 bits per heavy atom. The lowest BCUT2D eigenvalue weighted by atomic mass is 10.0. The third-order valence-corrected chi connectivity index (χ3v) is 8.30. The van der Waals surface area contributed by atoms with Crippen LogP contribution in [-0.2, 0) is 26.4 Å². The summed E-state index contributed by atoms with van der Waals surface area (Å²) in [6, 6.07) is 1.64. The van der Waals surface area contributed by atoms with Crippen LogP contribution < -0.4 is 10.0 Å². The van der Waals surface area contributed by atoms with E-state index in [4.69, 9.17) is 0 Å². The van der Waals surface area contributed by atoms with E-state index in [9.17, 15) is 16.8 Å². The van der Waals surface area contributed by atoms with Gasteiger partial charge in [-0.15, -0.1) is 11.3 Å². The number of rotatable bonds is 5. The highest BCUT2D eigenvalue weighted by Crippen LogP contribution is 2.29. The van der Waals surface area contributed by atoms with Gasteiger partial charge in [-0.3, -0.25) is 0 Å². The number of sulfonamides is 1. The first-order chi connectivity index (χ1) is 9.57. The Kier molecular flexibility index (Phi) is 4.52. The van der Waals surface area contributed by atoms with Gasteiger partial charge in [0.15, 0.2) is 9.84 Å². The van der Waals surface area contributed by atoms with Crippen molar-refractivity contribution in [3.63, 3.8) is 0 Å². The van der Waals surface area contributed by atoms with E-state index < -0.39 is 25.4 Å². The second-order valence-corrected chi connectivity index (χ2v) is 10.8. The third kappa shape index (κ3) is 3.84. The van der Waals surface area contributed by atoms with E-state index >= 15 is 0 Å². The molecule has 120 valence electrons. The van der Waals surface area contributed by atoms with E-state index in [1.54, 1.807) is 27.0 Å². The molecule has 2 rings (SSSR count). The van der Waals surface area contributed by atoms with Crippen LogP contribution in [0.25, 0.3) is 0 Å². The van der Waals surface area contributed by atoms with Crippen molar-refractivity contribution in [1.29, 1.82) is 0 Å². The molecule has 1 aliphatic rings. The predicted octanol–water partition coefficient (Wildman–Crippen LogP) is 0.631. The molecule has 0 bridgehead atoms. The molecule has 1 saturated heterocycles. The fraction of sp³-hybridized carbons (Fsp3) is 0.667. The molecule has 1 aromatic heterocycles. The van der Waals surface area contributed by atoms with Gasteiger partial charge in [0.2, 0.25) is 10.0 Å². The summed E-state index contributed by atoms with van der Waals surface area (Å²) in [6.07, 6.45) is 0.307. The monoisotopic (exact) mass is 352 g/mol. The van der Waals surface area contributed by atoms with Gasteiger partial charge in [0, 0.05) is 21.8 Å². The van der Waals surface area contributed by atoms with Crippen molar-refractivity contribution in [3.05, 3.63) is 15.8 Å². The van der Waals surface area contributed by atoms with E-state index in [1.807, 2.05) is 0 Å². The average molecular weight is 353 g/mol. The Balaban J connectivity index is 2.27. The normalized spacial score (nSPS) is 25.3. The van der Waals surface area contributed by atoms with Crippen LogP contribution in [0.1, 0.15) is 23.1 Å². The first-order valence-electron chi connectivity index (χ1n) is 6.55. The summed E-state index contributed by atoms with van der Waals surface area (Å²) in [5, 5.41) is 2.98. The average Bonchev–Trinajstić information content (AvgIpc) is 2.79. The SMILES string of the molecule is CNCc1cc(S(=O)(=O)NC2(C)CCS(=O)(=O)C2)c(C)s1. The largest absolute Gasteiger partial charge is 0.315 e. The molecule has 0 aliphatic carbocycles. The molecule has 1 atom stereocenters. The lowest BCUT2D eigenvalue weighted by molar-refractivity contribution is 0.461. The Hall–Kier alpha value is -0.480. The summed E-state index contributed by atoms with van der Waals surface area (Å²) in [4.78, 5) is 1.88. The molecule has 1 fully saturated rings. The van der Waals surface area contributed by atoms with Crippen molar-refractivity contribution >= 4 is 31.2 Å². The first kappa shape index (κ1) is 16.9. The second-order valence-electron chi connectivity index (χ2n) is 5.67. The number of thiophene rings is 1. The van der Waals surface area contributed by atoms with E-state index in [2.05, 4.69) is 10.0 Å². The number of aryl methyl sites for hydroxylation is 1. The summed E-state index contributed by atoms with van der Waals surface area (Å²) in [5.41, 5.74) is -0.921. The van der Waals surface area contributed by atoms with Crippen LogP contribution in [0.4, 0.5) is 0 Å². The number of hydrogen-bond donors (Lipinski definition) is 2. The highest BCUT2D eigenvalue weighted by atomic mass is 32.2. The van der Waals surface area contributed by atoms with Gasteiger partial charge >= 0.3 is 0 Å². The Labute approximate surface area is 129 Å². The molecule has 21 heavy (non-hydrogen) atoms. The Bertz CT molecular complexity index is 737. The molecule has 0 spiro atoms. The van der Waals surface area contributed by atoms with Gasteiger partial charge in [0.1, 0.15) is 0 Å². The van der Waals surface area contributed by atoms with Crippen molar-refractivity contribution < 1.29 is 16.8 Å². The Morgan fingerprint density at radius 1 is 1.43 bits per heavy atom. The van der Waals surface area contributed by atoms with Gasteiger partial charge in [-0.1, -0.05) is 0 Å². The maximum Gasteiger partial charge on any atom is 0.242 e. The maximum atomic E-state index is 12.5. The van der Waals surface area contributed by atoms with E-state index in [0.717, 1.165) is 4.88 Å². The van der Waals surface area contributed by atoms with Crippen molar-refractivity contribution in [2.75, 3.05) is 18.6 Å². The van der Waals surface area contributed by atoms with Crippen molar-refractivity contribution in [2.45, 2.75) is 37.2 Å². The van der Waals surface area contributed by atoms with Gasteiger partial charge < -0.3 is 5.32 Å². The molecule has 0 aromatic carbocycles. The van der Waals surface area contributed by atoms with Crippen molar-refractivity contribution in [2.24, 2.45) is 0 Å². The molecule has 6 nitrogen and oxygen atoms in total. The zero-order valence-corrected chi connectivity index (χ0v) is 14.7. The maximum absolute atomic E-state index is 12.5. The van der Waals surface area contributed by atoms with Crippen LogP contribution >= 0.6 is 11.3 Å². The number of hydrogen-bond acceptors (Lipinski definition) is 6. The van der Waals surface area contributed by atoms with Gasteiger partial charge in [-0.2, -0.15) is 0 Å². The lowest BCUT2D eigenvalue weighted by Gasteiger charge is -2.23. The quantitative estimate of drug-likeness (QED) is 0.811. The predicted molar refractivity (Wildman–Crippen MR) is 83.8 cm³/mol. The standard InChI is InChI=1S/C12H20N2O4S3/c1-9-11(6-10(19-9)7-13-3)21(17,18)14-12(2)4-5-20(15,16)8-12/h6,13-14H,4-5,7-8H2,1-3H3. The Morgan fingerprint density at radius 2 is 2.10 bits per heavy atom. The summed E-state index contributed by atoms with van der Waals surface area (Å²) >= 11 is 1.42. The molecule has 2 N–H and O–H groups in total. The second kappa shape index (κ2) is 5.62. The fourth-order valence-corrected chi connectivity index (χ4v) is 7.79. The smallest absolute Gasteiger partial charge is 0.242 e. The van der Waals surface area contributed by atoms with Crippen LogP contribution in [0, 0.1) is 6.92 Å². The summed E-state index contributed by atoms with van der Waals surface area (Å²) in [5.74, 6) is -0.120. The summed E-state index contributed by atoms with van der Waals surface area (Å²) < 4.78 is 50.8. The van der Waals surface area contributed by atoms with E-state index in [0.29, 0.717) is 17.8 Å². The van der Waals surface area contributed by atoms with Crippen LogP contribution in [0.15, 0.2) is 11.0 Å². The minimum absolute atomic E-state index is 0.0274. The highest BCUT2D eigenvalue weighted by molar-refractivity contribution is 7.92. The molecule has 1 unspecified atom stereocenters. The highest BCUT2D eigenvalue weighted by Gasteiger charge is 2.41. The molecule has 2 heterocycles. The zero-order valence-electron chi connectivity index (χ0n) is 12.3. The molecular weight excluding hydrogens is 332 g/mol. The molecule has 1 aliphatic heterocycles.